The van der Waals surface area contributed by atoms with Crippen LogP contribution in [0.25, 0.3) is 0 Å². The third-order valence-electron chi connectivity index (χ3n) is 3.19. The van der Waals surface area contributed by atoms with Gasteiger partial charge in [-0.3, -0.25) is 0 Å². The summed E-state index contributed by atoms with van der Waals surface area (Å²) in [6, 6.07) is -0.242. The van der Waals surface area contributed by atoms with Gasteiger partial charge in [0.1, 0.15) is 0 Å². The Hall–Kier alpha value is -1.14. The third-order valence-corrected chi connectivity index (χ3v) is 4.16. The molecule has 1 aromatic rings. The Morgan fingerprint density at radius 3 is 2.63 bits per heavy atom. The number of aromatic nitrogens is 1. The van der Waals surface area contributed by atoms with E-state index >= 15 is 0 Å². The molecule has 0 aliphatic carbocycles. The van der Waals surface area contributed by atoms with Crippen molar-refractivity contribution in [1.82, 2.24) is 15.6 Å². The number of rotatable bonds is 7. The Balaban J connectivity index is 2.21. The summed E-state index contributed by atoms with van der Waals surface area (Å²) in [6.07, 6.45) is 3.82. The Kier molecular flexibility index (Phi) is 6.24. The largest absolute Gasteiger partial charge is 0.388 e. The second kappa shape index (κ2) is 7.45. The lowest BCUT2D eigenvalue weighted by molar-refractivity contribution is 0.0349. The fourth-order valence-electron chi connectivity index (χ4n) is 1.61. The molecule has 0 spiro atoms. The van der Waals surface area contributed by atoms with Crippen molar-refractivity contribution in [2.45, 2.75) is 45.6 Å². The van der Waals surface area contributed by atoms with E-state index in [1.165, 1.54) is 4.88 Å². The zero-order valence-electron chi connectivity index (χ0n) is 11.8. The topological polar surface area (TPSA) is 74.2 Å². The van der Waals surface area contributed by atoms with Gasteiger partial charge in [0.2, 0.25) is 0 Å². The van der Waals surface area contributed by atoms with Crippen molar-refractivity contribution in [3.63, 3.8) is 0 Å². The minimum Gasteiger partial charge on any atom is -0.388 e. The standard InChI is InChI=1S/C13H23N3O2S/c1-4-13(18,5-2)9-16-12(17)14-7-6-11-15-8-10(3)19-11/h8,18H,4-7,9H2,1-3H3,(H2,14,16,17). The van der Waals surface area contributed by atoms with Gasteiger partial charge in [-0.1, -0.05) is 13.8 Å². The van der Waals surface area contributed by atoms with Crippen molar-refractivity contribution in [1.29, 1.82) is 0 Å². The van der Waals surface area contributed by atoms with Gasteiger partial charge >= 0.3 is 6.03 Å². The molecule has 0 atom stereocenters. The Labute approximate surface area is 118 Å². The number of nitrogens with zero attached hydrogens (tertiary/aromatic N) is 1. The lowest BCUT2D eigenvalue weighted by Crippen LogP contribution is -2.46. The van der Waals surface area contributed by atoms with E-state index in [1.807, 2.05) is 27.0 Å². The molecule has 0 unspecified atom stereocenters. The van der Waals surface area contributed by atoms with Crippen LogP contribution in [0.5, 0.6) is 0 Å². The van der Waals surface area contributed by atoms with Crippen molar-refractivity contribution < 1.29 is 9.90 Å². The van der Waals surface area contributed by atoms with Crippen LogP contribution in [0.4, 0.5) is 4.79 Å². The summed E-state index contributed by atoms with van der Waals surface area (Å²) in [5, 5.41) is 16.5. The highest BCUT2D eigenvalue weighted by atomic mass is 32.1. The van der Waals surface area contributed by atoms with Crippen molar-refractivity contribution in [3.8, 4) is 0 Å². The first-order valence-corrected chi connectivity index (χ1v) is 7.46. The van der Waals surface area contributed by atoms with Crippen molar-refractivity contribution >= 4 is 17.4 Å². The summed E-state index contributed by atoms with van der Waals surface area (Å²) in [5.41, 5.74) is -0.802. The van der Waals surface area contributed by atoms with Crippen molar-refractivity contribution in [2.75, 3.05) is 13.1 Å². The van der Waals surface area contributed by atoms with Crippen LogP contribution in [0.2, 0.25) is 0 Å². The number of carbonyl (C=O) groups excluding carboxylic acids is 1. The molecular formula is C13H23N3O2S. The quantitative estimate of drug-likeness (QED) is 0.715. The molecule has 0 radical (unpaired) electrons. The molecule has 0 saturated carbocycles. The van der Waals surface area contributed by atoms with E-state index in [4.69, 9.17) is 0 Å². The zero-order chi connectivity index (χ0) is 14.3. The molecule has 0 saturated heterocycles. The maximum Gasteiger partial charge on any atom is 0.314 e. The van der Waals surface area contributed by atoms with Crippen LogP contribution in [0.3, 0.4) is 0 Å². The van der Waals surface area contributed by atoms with E-state index < -0.39 is 5.60 Å². The summed E-state index contributed by atoms with van der Waals surface area (Å²) in [7, 11) is 0. The number of amides is 2. The van der Waals surface area contributed by atoms with Crippen LogP contribution in [0.15, 0.2) is 6.20 Å². The first-order chi connectivity index (χ1) is 8.99. The lowest BCUT2D eigenvalue weighted by Gasteiger charge is -2.25. The van der Waals surface area contributed by atoms with Gasteiger partial charge in [-0.2, -0.15) is 0 Å². The Morgan fingerprint density at radius 2 is 2.11 bits per heavy atom. The predicted octanol–water partition coefficient (Wildman–Crippen LogP) is 1.84. The molecule has 0 bridgehead atoms. The summed E-state index contributed by atoms with van der Waals surface area (Å²) in [6.45, 7) is 6.66. The Bertz CT molecular complexity index is 402. The van der Waals surface area contributed by atoms with E-state index in [0.29, 0.717) is 19.4 Å². The van der Waals surface area contributed by atoms with Gasteiger partial charge in [-0.15, -0.1) is 11.3 Å². The molecular weight excluding hydrogens is 262 g/mol. The van der Waals surface area contributed by atoms with Gasteiger partial charge in [0.15, 0.2) is 0 Å². The van der Waals surface area contributed by atoms with Crippen LogP contribution in [-0.2, 0) is 6.42 Å². The number of carbonyl (C=O) groups is 1. The SMILES string of the molecule is CCC(O)(CC)CNC(=O)NCCc1ncc(C)s1. The zero-order valence-corrected chi connectivity index (χ0v) is 12.6. The molecule has 1 aromatic heterocycles. The van der Waals surface area contributed by atoms with Crippen LogP contribution in [-0.4, -0.2) is 34.8 Å². The summed E-state index contributed by atoms with van der Waals surface area (Å²) in [4.78, 5) is 17.0. The number of aryl methyl sites for hydroxylation is 1. The minimum absolute atomic E-state index is 0.242. The maximum atomic E-state index is 11.6. The minimum atomic E-state index is -0.802. The molecule has 5 nitrogen and oxygen atoms in total. The van der Waals surface area contributed by atoms with Gasteiger partial charge in [0.25, 0.3) is 0 Å². The summed E-state index contributed by atoms with van der Waals surface area (Å²) < 4.78 is 0. The number of hydrogen-bond donors (Lipinski definition) is 3. The van der Waals surface area contributed by atoms with Crippen molar-refractivity contribution in [2.24, 2.45) is 0 Å². The molecule has 0 aliphatic heterocycles. The molecule has 108 valence electrons. The molecule has 0 aromatic carbocycles. The van der Waals surface area contributed by atoms with E-state index in [1.54, 1.807) is 11.3 Å². The van der Waals surface area contributed by atoms with E-state index in [0.717, 1.165) is 11.4 Å². The number of urea groups is 1. The van der Waals surface area contributed by atoms with Crippen LogP contribution >= 0.6 is 11.3 Å². The molecule has 6 heteroatoms. The highest BCUT2D eigenvalue weighted by Gasteiger charge is 2.22. The molecule has 1 rings (SSSR count). The molecule has 0 aliphatic rings. The van der Waals surface area contributed by atoms with Crippen LogP contribution in [0.1, 0.15) is 36.6 Å². The fraction of sp³-hybridized carbons (Fsp3) is 0.692. The average Bonchev–Trinajstić information content (AvgIpc) is 2.82. The lowest BCUT2D eigenvalue weighted by atomic mass is 9.98. The smallest absolute Gasteiger partial charge is 0.314 e. The summed E-state index contributed by atoms with van der Waals surface area (Å²) in [5.74, 6) is 0. The first kappa shape index (κ1) is 15.9. The van der Waals surface area contributed by atoms with E-state index in [2.05, 4.69) is 15.6 Å². The number of hydrogen-bond acceptors (Lipinski definition) is 4. The predicted molar refractivity (Wildman–Crippen MR) is 77.5 cm³/mol. The molecule has 19 heavy (non-hydrogen) atoms. The van der Waals surface area contributed by atoms with Gasteiger partial charge in [-0.05, 0) is 19.8 Å². The third kappa shape index (κ3) is 5.57. The normalized spacial score (nSPS) is 11.4. The van der Waals surface area contributed by atoms with E-state index in [9.17, 15) is 9.90 Å². The highest BCUT2D eigenvalue weighted by molar-refractivity contribution is 7.11. The van der Waals surface area contributed by atoms with Gasteiger partial charge in [0.05, 0.1) is 10.6 Å². The molecule has 2 amide bonds. The first-order valence-electron chi connectivity index (χ1n) is 6.64. The van der Waals surface area contributed by atoms with Crippen molar-refractivity contribution in [3.05, 3.63) is 16.1 Å². The monoisotopic (exact) mass is 285 g/mol. The summed E-state index contributed by atoms with van der Waals surface area (Å²) >= 11 is 1.64. The van der Waals surface area contributed by atoms with Gasteiger partial charge in [-0.25, -0.2) is 9.78 Å². The molecule has 3 N–H and O–H groups in total. The maximum absolute atomic E-state index is 11.6. The number of aliphatic hydroxyl groups is 1. The number of thiazole rings is 1. The molecule has 1 heterocycles. The highest BCUT2D eigenvalue weighted by Crippen LogP contribution is 2.13. The van der Waals surface area contributed by atoms with E-state index in [-0.39, 0.29) is 12.6 Å². The van der Waals surface area contributed by atoms with Crippen LogP contribution < -0.4 is 10.6 Å². The second-order valence-corrected chi connectivity index (χ2v) is 5.97. The molecule has 0 fully saturated rings. The van der Waals surface area contributed by atoms with Gasteiger partial charge < -0.3 is 15.7 Å². The van der Waals surface area contributed by atoms with Gasteiger partial charge in [0, 0.05) is 30.6 Å². The second-order valence-electron chi connectivity index (χ2n) is 4.66. The van der Waals surface area contributed by atoms with Crippen LogP contribution in [0, 0.1) is 6.92 Å². The number of nitrogens with one attached hydrogen (secondary N) is 2. The fourth-order valence-corrected chi connectivity index (χ4v) is 2.39. The average molecular weight is 285 g/mol. The Morgan fingerprint density at radius 1 is 1.42 bits per heavy atom.